The lowest BCUT2D eigenvalue weighted by Crippen LogP contribution is -2.60. The number of amides is 2. The van der Waals surface area contributed by atoms with Crippen molar-refractivity contribution in [2.24, 2.45) is 5.41 Å². The van der Waals surface area contributed by atoms with Crippen LogP contribution in [0, 0.1) is 19.3 Å². The van der Waals surface area contributed by atoms with Gasteiger partial charge in [0.05, 0.1) is 18.7 Å². The summed E-state index contributed by atoms with van der Waals surface area (Å²) in [6.07, 6.45) is 3.94. The number of halogens is 1. The maximum Gasteiger partial charge on any atom is 0.254 e. The number of rotatable bonds is 4. The van der Waals surface area contributed by atoms with Crippen LogP contribution in [0.4, 0.5) is 0 Å². The molecule has 33 heavy (non-hydrogen) atoms. The second-order valence-electron chi connectivity index (χ2n) is 8.86. The summed E-state index contributed by atoms with van der Waals surface area (Å²) in [5.41, 5.74) is 2.49. The Kier molecular flexibility index (Phi) is 6.86. The molecule has 0 radical (unpaired) electrons. The fraction of sp³-hybridized carbons (Fsp3) is 0.500. The Morgan fingerprint density at radius 1 is 1.15 bits per heavy atom. The molecule has 9 heteroatoms. The summed E-state index contributed by atoms with van der Waals surface area (Å²) in [4.78, 5) is 36.8. The van der Waals surface area contributed by atoms with Crippen LogP contribution in [-0.2, 0) is 4.74 Å². The van der Waals surface area contributed by atoms with Gasteiger partial charge >= 0.3 is 0 Å². The van der Waals surface area contributed by atoms with Crippen LogP contribution in [-0.4, -0.2) is 66.1 Å². The van der Waals surface area contributed by atoms with E-state index in [0.29, 0.717) is 37.4 Å². The number of methoxy groups -OCH3 is 1. The summed E-state index contributed by atoms with van der Waals surface area (Å²) in [6, 6.07) is 4.96. The lowest BCUT2D eigenvalue weighted by atomic mass is 9.69. The van der Waals surface area contributed by atoms with Crippen molar-refractivity contribution in [3.63, 3.8) is 0 Å². The Morgan fingerprint density at radius 2 is 1.85 bits per heavy atom. The monoisotopic (exact) mass is 472 g/mol. The highest BCUT2D eigenvalue weighted by atomic mass is 35.5. The number of aromatic nitrogens is 2. The Morgan fingerprint density at radius 3 is 2.48 bits per heavy atom. The first kappa shape index (κ1) is 23.4. The van der Waals surface area contributed by atoms with E-state index >= 15 is 0 Å². The van der Waals surface area contributed by atoms with E-state index in [9.17, 15) is 9.59 Å². The first-order chi connectivity index (χ1) is 15.8. The van der Waals surface area contributed by atoms with Crippen molar-refractivity contribution in [2.75, 3.05) is 33.4 Å². The smallest absolute Gasteiger partial charge is 0.254 e. The van der Waals surface area contributed by atoms with Gasteiger partial charge in [-0.1, -0.05) is 11.6 Å². The van der Waals surface area contributed by atoms with Gasteiger partial charge in [0.15, 0.2) is 0 Å². The van der Waals surface area contributed by atoms with Gasteiger partial charge in [-0.2, -0.15) is 0 Å². The number of hydrogen-bond acceptors (Lipinski definition) is 6. The van der Waals surface area contributed by atoms with Crippen molar-refractivity contribution < 1.29 is 19.1 Å². The third kappa shape index (κ3) is 4.96. The highest BCUT2D eigenvalue weighted by molar-refractivity contribution is 6.32. The number of carbonyl (C=O) groups is 2. The quantitative estimate of drug-likeness (QED) is 0.734. The molecule has 1 atom stereocenters. The normalized spacial score (nSPS) is 19.9. The number of hydrogen-bond donors (Lipinski definition) is 1. The summed E-state index contributed by atoms with van der Waals surface area (Å²) >= 11 is 6.17. The Bertz CT molecular complexity index is 1030. The molecule has 0 bridgehead atoms. The second kappa shape index (κ2) is 9.65. The predicted octanol–water partition coefficient (Wildman–Crippen LogP) is 3.20. The minimum atomic E-state index is -0.271. The molecule has 1 N–H and O–H groups in total. The van der Waals surface area contributed by atoms with E-state index in [0.717, 1.165) is 30.7 Å². The number of pyridine rings is 2. The highest BCUT2D eigenvalue weighted by Gasteiger charge is 2.45. The van der Waals surface area contributed by atoms with Gasteiger partial charge in [0, 0.05) is 49.5 Å². The molecule has 0 aliphatic carbocycles. The molecular formula is C24H29ClN4O4. The number of carbonyl (C=O) groups excluding carboxylic acids is 2. The summed E-state index contributed by atoms with van der Waals surface area (Å²) in [6.45, 7) is 6.14. The van der Waals surface area contributed by atoms with E-state index in [-0.39, 0.29) is 34.2 Å². The summed E-state index contributed by atoms with van der Waals surface area (Å²) in [7, 11) is 1.47. The molecule has 2 fully saturated rings. The minimum absolute atomic E-state index is 0.0427. The maximum absolute atomic E-state index is 13.3. The third-order valence-electron chi connectivity index (χ3n) is 6.69. The van der Waals surface area contributed by atoms with Gasteiger partial charge in [-0.25, -0.2) is 4.98 Å². The maximum atomic E-state index is 13.3. The van der Waals surface area contributed by atoms with Crippen LogP contribution in [0.2, 0.25) is 5.02 Å². The van der Waals surface area contributed by atoms with E-state index in [1.807, 2.05) is 30.9 Å². The van der Waals surface area contributed by atoms with Crippen LogP contribution in [0.25, 0.3) is 0 Å². The molecule has 0 aromatic carbocycles. The van der Waals surface area contributed by atoms with E-state index in [2.05, 4.69) is 15.3 Å². The molecule has 1 spiro atoms. The van der Waals surface area contributed by atoms with E-state index in [1.165, 1.54) is 13.3 Å². The van der Waals surface area contributed by atoms with E-state index in [1.54, 1.807) is 6.07 Å². The van der Waals surface area contributed by atoms with Gasteiger partial charge in [0.2, 0.25) is 5.88 Å². The molecule has 8 nitrogen and oxygen atoms in total. The van der Waals surface area contributed by atoms with E-state index < -0.39 is 0 Å². The van der Waals surface area contributed by atoms with Gasteiger partial charge in [0.1, 0.15) is 5.02 Å². The number of aryl methyl sites for hydroxylation is 2. The van der Waals surface area contributed by atoms with Crippen molar-refractivity contribution in [1.29, 1.82) is 0 Å². The minimum Gasteiger partial charge on any atom is -0.480 e. The number of nitrogens with zero attached hydrogens (tertiary/aromatic N) is 3. The average Bonchev–Trinajstić information content (AvgIpc) is 2.80. The summed E-state index contributed by atoms with van der Waals surface area (Å²) in [5.74, 6) is -0.0433. The van der Waals surface area contributed by atoms with Gasteiger partial charge < -0.3 is 19.7 Å². The molecule has 0 saturated carbocycles. The molecule has 4 heterocycles. The number of ether oxygens (including phenoxy) is 2. The Hall–Kier alpha value is -2.71. The van der Waals surface area contributed by atoms with E-state index in [4.69, 9.17) is 21.1 Å². The largest absolute Gasteiger partial charge is 0.480 e. The Balaban J connectivity index is 1.57. The molecular weight excluding hydrogens is 444 g/mol. The summed E-state index contributed by atoms with van der Waals surface area (Å²) < 4.78 is 10.7. The third-order valence-corrected chi connectivity index (χ3v) is 6.97. The fourth-order valence-electron chi connectivity index (χ4n) is 4.88. The predicted molar refractivity (Wildman–Crippen MR) is 124 cm³/mol. The fourth-order valence-corrected chi connectivity index (χ4v) is 5.12. The SMILES string of the molecule is COc1ncc(C(=O)NC2CN(C(=O)c3cc(C)nc(C)c3)CCC23CCOCC3)cc1Cl. The first-order valence-electron chi connectivity index (χ1n) is 11.1. The van der Waals surface area contributed by atoms with Crippen molar-refractivity contribution in [3.8, 4) is 5.88 Å². The molecule has 4 rings (SSSR count). The molecule has 2 aliphatic rings. The molecule has 2 saturated heterocycles. The molecule has 1 unspecified atom stereocenters. The van der Waals surface area contributed by atoms with Gasteiger partial charge in [-0.3, -0.25) is 14.6 Å². The highest BCUT2D eigenvalue weighted by Crippen LogP contribution is 2.41. The standard InChI is InChI=1S/C24H29ClN4O4/c1-15-10-17(11-16(2)27-15)23(31)29-7-4-24(5-8-33-9-6-24)20(14-29)28-21(30)18-12-19(25)22(32-3)26-13-18/h10-13,20H,4-9,14H2,1-3H3,(H,28,30). The van der Waals surface area contributed by atoms with Crippen molar-refractivity contribution in [2.45, 2.75) is 39.2 Å². The average molecular weight is 473 g/mol. The zero-order valence-electron chi connectivity index (χ0n) is 19.2. The lowest BCUT2D eigenvalue weighted by Gasteiger charge is -2.50. The molecule has 2 aromatic rings. The molecule has 176 valence electrons. The zero-order chi connectivity index (χ0) is 23.6. The second-order valence-corrected chi connectivity index (χ2v) is 9.26. The molecule has 2 aliphatic heterocycles. The van der Waals surface area contributed by atoms with Gasteiger partial charge in [0.25, 0.3) is 11.8 Å². The van der Waals surface area contributed by atoms with Crippen LogP contribution >= 0.6 is 11.6 Å². The Labute approximate surface area is 198 Å². The zero-order valence-corrected chi connectivity index (χ0v) is 19.9. The number of likely N-dealkylation sites (tertiary alicyclic amines) is 1. The number of nitrogens with one attached hydrogen (secondary N) is 1. The molecule has 2 amide bonds. The van der Waals surface area contributed by atoms with Crippen LogP contribution in [0.3, 0.4) is 0 Å². The van der Waals surface area contributed by atoms with Crippen LogP contribution in [0.15, 0.2) is 24.4 Å². The van der Waals surface area contributed by atoms with Crippen molar-refractivity contribution >= 4 is 23.4 Å². The van der Waals surface area contributed by atoms with Gasteiger partial charge in [-0.15, -0.1) is 0 Å². The van der Waals surface area contributed by atoms with Crippen molar-refractivity contribution in [3.05, 3.63) is 51.9 Å². The molecule has 2 aromatic heterocycles. The summed E-state index contributed by atoms with van der Waals surface area (Å²) in [5, 5.41) is 3.45. The van der Waals surface area contributed by atoms with Crippen LogP contribution < -0.4 is 10.1 Å². The van der Waals surface area contributed by atoms with Crippen LogP contribution in [0.5, 0.6) is 5.88 Å². The lowest BCUT2D eigenvalue weighted by molar-refractivity contribution is -0.0365. The first-order valence-corrected chi connectivity index (χ1v) is 11.5. The van der Waals surface area contributed by atoms with Crippen molar-refractivity contribution in [1.82, 2.24) is 20.2 Å². The van der Waals surface area contributed by atoms with Gasteiger partial charge in [-0.05, 0) is 56.7 Å². The topological polar surface area (TPSA) is 93.7 Å². The number of piperidine rings is 1. The van der Waals surface area contributed by atoms with Crippen LogP contribution in [0.1, 0.15) is 51.4 Å².